The van der Waals surface area contributed by atoms with Gasteiger partial charge in [0.1, 0.15) is 17.8 Å². The Kier molecular flexibility index (Phi) is 13.0. The fourth-order valence-corrected chi connectivity index (χ4v) is 8.19. The van der Waals surface area contributed by atoms with Crippen molar-refractivity contribution in [1.82, 2.24) is 49.5 Å². The molecule has 1 aliphatic carbocycles. The summed E-state index contributed by atoms with van der Waals surface area (Å²) in [5, 5.41) is 19.8. The Hall–Kier alpha value is -5.33. The number of aryl methyl sites for hydroxylation is 2. The van der Waals surface area contributed by atoms with Gasteiger partial charge in [-0.05, 0) is 76.1 Å². The van der Waals surface area contributed by atoms with E-state index in [0.717, 1.165) is 81.7 Å². The lowest BCUT2D eigenvalue weighted by Gasteiger charge is -2.34. The van der Waals surface area contributed by atoms with Gasteiger partial charge in [0, 0.05) is 89.3 Å². The summed E-state index contributed by atoms with van der Waals surface area (Å²) in [4.78, 5) is 67.1. The van der Waals surface area contributed by atoms with Crippen LogP contribution in [-0.4, -0.2) is 127 Å². The lowest BCUT2D eigenvalue weighted by molar-refractivity contribution is -0.135. The number of imide groups is 1. The van der Waals surface area contributed by atoms with Gasteiger partial charge >= 0.3 is 11.8 Å². The Labute approximate surface area is 336 Å². The van der Waals surface area contributed by atoms with Crippen LogP contribution in [0.3, 0.4) is 0 Å². The van der Waals surface area contributed by atoms with Crippen LogP contribution in [0.5, 0.6) is 0 Å². The fraction of sp³-hybridized carbons (Fsp3) is 0.575. The van der Waals surface area contributed by atoms with Crippen molar-refractivity contribution in [2.45, 2.75) is 89.4 Å². The zero-order chi connectivity index (χ0) is 40.8. The molecular formula is C40H55N11O7. The fourth-order valence-electron chi connectivity index (χ4n) is 8.19. The number of piperazine rings is 1. The van der Waals surface area contributed by atoms with Crippen molar-refractivity contribution in [3.8, 4) is 0 Å². The van der Waals surface area contributed by atoms with E-state index in [2.05, 4.69) is 41.0 Å². The number of amides is 4. The molecule has 5 heterocycles. The third kappa shape index (κ3) is 9.85. The van der Waals surface area contributed by atoms with Crippen molar-refractivity contribution in [2.75, 3.05) is 57.8 Å². The summed E-state index contributed by atoms with van der Waals surface area (Å²) < 4.78 is 16.3. The van der Waals surface area contributed by atoms with Gasteiger partial charge in [-0.2, -0.15) is 10.2 Å². The maximum Gasteiger partial charge on any atom is 0.407 e. The highest BCUT2D eigenvalue weighted by atomic mass is 16.6. The van der Waals surface area contributed by atoms with Crippen LogP contribution in [-0.2, 0) is 39.1 Å². The second kappa shape index (κ2) is 18.5. The van der Waals surface area contributed by atoms with E-state index in [4.69, 9.17) is 9.47 Å². The van der Waals surface area contributed by atoms with E-state index in [1.54, 1.807) is 28.6 Å². The number of hydrogen-bond acceptors (Lipinski definition) is 11. The van der Waals surface area contributed by atoms with Gasteiger partial charge in [-0.1, -0.05) is 6.07 Å². The van der Waals surface area contributed by atoms with Crippen LogP contribution in [0.15, 0.2) is 41.3 Å². The number of alkyl carbamates (subject to hydrolysis) is 1. The predicted octanol–water partition coefficient (Wildman–Crippen LogP) is 2.53. The number of fused-ring (bicyclic) bond motifs is 1. The maximum absolute atomic E-state index is 13.2. The van der Waals surface area contributed by atoms with Crippen LogP contribution in [0, 0.1) is 0 Å². The first-order chi connectivity index (χ1) is 28.0. The molecule has 18 nitrogen and oxygen atoms in total. The van der Waals surface area contributed by atoms with E-state index in [1.807, 2.05) is 38.1 Å². The average molecular weight is 802 g/mol. The molecule has 4 N–H and O–H groups in total. The molecule has 3 fully saturated rings. The number of imidazole rings is 1. The van der Waals surface area contributed by atoms with E-state index in [9.17, 15) is 24.0 Å². The van der Waals surface area contributed by atoms with Crippen molar-refractivity contribution in [2.24, 2.45) is 7.05 Å². The van der Waals surface area contributed by atoms with Crippen molar-refractivity contribution >= 4 is 40.7 Å². The van der Waals surface area contributed by atoms with Crippen LogP contribution in [0.1, 0.15) is 86.1 Å². The van der Waals surface area contributed by atoms with Crippen LogP contribution < -0.4 is 21.6 Å². The molecule has 0 bridgehead atoms. The Balaban J connectivity index is 0.778. The first-order valence-electron chi connectivity index (χ1n) is 20.4. The van der Waals surface area contributed by atoms with Gasteiger partial charge in [0.2, 0.25) is 11.8 Å². The number of carbonyl (C=O) groups is 4. The first-order valence-corrected chi connectivity index (χ1v) is 20.4. The van der Waals surface area contributed by atoms with Gasteiger partial charge in [-0.15, -0.1) is 0 Å². The highest BCUT2D eigenvalue weighted by molar-refractivity contribution is 6.02. The third-order valence-corrected chi connectivity index (χ3v) is 11.4. The Morgan fingerprint density at radius 1 is 0.948 bits per heavy atom. The molecule has 0 radical (unpaired) electrons. The molecule has 4 aromatic rings. The van der Waals surface area contributed by atoms with Gasteiger partial charge in [-0.25, -0.2) is 9.59 Å². The Morgan fingerprint density at radius 2 is 1.74 bits per heavy atom. The molecule has 18 heteroatoms. The van der Waals surface area contributed by atoms with Crippen molar-refractivity contribution in [3.05, 3.63) is 64.0 Å². The highest BCUT2D eigenvalue weighted by Gasteiger charge is 2.32. The van der Waals surface area contributed by atoms with E-state index in [1.165, 1.54) is 4.57 Å². The number of anilines is 1. The van der Waals surface area contributed by atoms with Crippen molar-refractivity contribution in [1.29, 1.82) is 0 Å². The molecule has 1 unspecified atom stereocenters. The van der Waals surface area contributed by atoms with Gasteiger partial charge in [0.15, 0.2) is 5.82 Å². The molecule has 4 amide bonds. The quantitative estimate of drug-likeness (QED) is 0.0958. The zero-order valence-corrected chi connectivity index (χ0v) is 33.6. The molecule has 0 spiro atoms. The summed E-state index contributed by atoms with van der Waals surface area (Å²) in [6.07, 6.45) is 5.62. The van der Waals surface area contributed by atoms with Crippen LogP contribution in [0.25, 0.3) is 11.0 Å². The normalized spacial score (nSPS) is 20.5. The predicted molar refractivity (Wildman–Crippen MR) is 215 cm³/mol. The second-order valence-electron chi connectivity index (χ2n) is 15.8. The number of H-pyrrole nitrogens is 1. The minimum Gasteiger partial charge on any atom is -0.446 e. The lowest BCUT2D eigenvalue weighted by Crippen LogP contribution is -2.48. The summed E-state index contributed by atoms with van der Waals surface area (Å²) in [5.74, 6) is -0.394. The number of rotatable bonds is 16. The number of aromatic nitrogens is 6. The molecule has 2 saturated heterocycles. The topological polar surface area (TPSA) is 203 Å². The summed E-state index contributed by atoms with van der Waals surface area (Å²) in [5.41, 5.74) is 3.66. The number of nitrogens with one attached hydrogen (secondary N) is 4. The highest BCUT2D eigenvalue weighted by Crippen LogP contribution is 2.36. The van der Waals surface area contributed by atoms with E-state index in [0.29, 0.717) is 49.6 Å². The van der Waals surface area contributed by atoms with Gasteiger partial charge < -0.3 is 20.1 Å². The number of carbonyl (C=O) groups excluding carboxylic acids is 4. The van der Waals surface area contributed by atoms with Crippen LogP contribution >= 0.6 is 0 Å². The Morgan fingerprint density at radius 3 is 2.52 bits per heavy atom. The molecule has 58 heavy (non-hydrogen) atoms. The Bertz CT molecular complexity index is 2140. The number of nitrogens with zero attached hydrogens (tertiary/aromatic N) is 7. The van der Waals surface area contributed by atoms with E-state index < -0.39 is 18.0 Å². The molecular weight excluding hydrogens is 747 g/mol. The van der Waals surface area contributed by atoms with Crippen molar-refractivity contribution < 1.29 is 28.7 Å². The molecule has 3 aliphatic rings. The molecule has 3 aromatic heterocycles. The SMILES string of the molecule is CC(C)NC(=O)O[C@@H]1CC[C@H](c2cc(NC(=O)c3ccnn3CCN3CCN(CCOCCCc4ccc5c(c4)n(C)c(=O)n5C4CCC(=O)NC4=O)CC3)n[nH]2)C1. The zero-order valence-electron chi connectivity index (χ0n) is 33.6. The summed E-state index contributed by atoms with van der Waals surface area (Å²) >= 11 is 0. The van der Waals surface area contributed by atoms with Crippen molar-refractivity contribution in [3.63, 3.8) is 0 Å². The van der Waals surface area contributed by atoms with Crippen LogP contribution in [0.2, 0.25) is 0 Å². The lowest BCUT2D eigenvalue weighted by atomic mass is 10.0. The second-order valence-corrected chi connectivity index (χ2v) is 15.8. The number of aromatic amines is 1. The summed E-state index contributed by atoms with van der Waals surface area (Å²) in [7, 11) is 1.71. The number of ether oxygens (including phenoxy) is 2. The molecule has 7 rings (SSSR count). The monoisotopic (exact) mass is 801 g/mol. The molecule has 2 aliphatic heterocycles. The number of piperidine rings is 1. The summed E-state index contributed by atoms with van der Waals surface area (Å²) in [6.45, 7) is 11.0. The number of benzene rings is 1. The molecule has 1 saturated carbocycles. The molecule has 312 valence electrons. The van der Waals surface area contributed by atoms with Gasteiger partial charge in [0.05, 0.1) is 24.2 Å². The van der Waals surface area contributed by atoms with Gasteiger partial charge in [0.25, 0.3) is 5.91 Å². The van der Waals surface area contributed by atoms with Gasteiger partial charge in [-0.3, -0.25) is 48.4 Å². The van der Waals surface area contributed by atoms with E-state index in [-0.39, 0.29) is 42.0 Å². The number of hydrogen-bond donors (Lipinski definition) is 4. The average Bonchev–Trinajstić information content (AvgIpc) is 4.01. The standard InChI is InChI=1S/C40H55N11O7/c1-26(2)42-39(55)58-29-8-7-28(24-29)30-25-35(46-45-30)43-37(53)32-12-13-41-50(32)19-18-48-14-16-49(17-15-48)20-22-57-21-4-5-27-6-9-31-34(23-27)47(3)40(56)51(31)33-10-11-36(52)44-38(33)54/h6,9,12-13,23,25-26,28-29,33H,4-5,7-8,10-11,14-22,24H2,1-3H3,(H,42,55)(H,44,52,54)(H2,43,45,46,53)/t28-,29+,33?/m0/s1. The third-order valence-electron chi connectivity index (χ3n) is 11.4. The molecule has 3 atom stereocenters. The smallest absolute Gasteiger partial charge is 0.407 e. The largest absolute Gasteiger partial charge is 0.446 e. The maximum atomic E-state index is 13.2. The minimum absolute atomic E-state index is 0.0208. The van der Waals surface area contributed by atoms with E-state index >= 15 is 0 Å². The van der Waals surface area contributed by atoms with Crippen LogP contribution in [0.4, 0.5) is 10.6 Å². The first kappa shape index (κ1) is 40.9. The molecule has 1 aromatic carbocycles. The minimum atomic E-state index is -0.692. The summed E-state index contributed by atoms with van der Waals surface area (Å²) in [6, 6.07) is 8.78.